The zero-order valence-corrected chi connectivity index (χ0v) is 11.8. The number of benzene rings is 1. The second-order valence-electron chi connectivity index (χ2n) is 4.64. The number of nitrogens with zero attached hydrogens (tertiary/aromatic N) is 1. The molecule has 0 saturated heterocycles. The second kappa shape index (κ2) is 4.49. The molecule has 0 saturated carbocycles. The van der Waals surface area contributed by atoms with Crippen LogP contribution in [0.25, 0.3) is 0 Å². The molecule has 20 heavy (non-hydrogen) atoms. The zero-order chi connectivity index (χ0) is 15.2. The summed E-state index contributed by atoms with van der Waals surface area (Å²) < 4.78 is 4.68. The van der Waals surface area contributed by atoms with Crippen molar-refractivity contribution < 1.29 is 24.2 Å². The molecule has 0 bridgehead atoms. The molecule has 106 valence electrons. The van der Waals surface area contributed by atoms with Gasteiger partial charge in [0.05, 0.1) is 17.7 Å². The highest BCUT2D eigenvalue weighted by Crippen LogP contribution is 2.44. The van der Waals surface area contributed by atoms with Crippen molar-refractivity contribution in [1.29, 1.82) is 0 Å². The Bertz CT molecular complexity index is 642. The molecule has 6 nitrogen and oxygen atoms in total. The van der Waals surface area contributed by atoms with E-state index in [1.807, 2.05) is 0 Å². The van der Waals surface area contributed by atoms with Gasteiger partial charge in [0.2, 0.25) is 5.91 Å². The van der Waals surface area contributed by atoms with Gasteiger partial charge in [-0.25, -0.2) is 4.79 Å². The van der Waals surface area contributed by atoms with Crippen LogP contribution >= 0.6 is 11.6 Å². The van der Waals surface area contributed by atoms with Gasteiger partial charge in [0.15, 0.2) is 5.41 Å². The maximum Gasteiger partial charge on any atom is 0.337 e. The molecular formula is C13H12ClNO5. The fraction of sp³-hybridized carbons (Fsp3) is 0.308. The number of carboxylic acid groups (broad SMARTS) is 1. The fourth-order valence-corrected chi connectivity index (χ4v) is 2.61. The molecule has 0 aromatic heterocycles. The minimum absolute atomic E-state index is 0.0329. The fourth-order valence-electron chi connectivity index (χ4n) is 2.37. The zero-order valence-electron chi connectivity index (χ0n) is 11.1. The van der Waals surface area contributed by atoms with E-state index >= 15 is 0 Å². The minimum atomic E-state index is -1.51. The molecule has 1 amide bonds. The van der Waals surface area contributed by atoms with E-state index in [2.05, 4.69) is 4.74 Å². The quantitative estimate of drug-likeness (QED) is 0.660. The summed E-state index contributed by atoms with van der Waals surface area (Å²) in [5.74, 6) is -2.41. The number of rotatable bonds is 2. The summed E-state index contributed by atoms with van der Waals surface area (Å²) in [5, 5.41) is 9.02. The van der Waals surface area contributed by atoms with Crippen LogP contribution in [0.15, 0.2) is 12.1 Å². The summed E-state index contributed by atoms with van der Waals surface area (Å²) in [6.45, 7) is 1.43. The highest BCUT2D eigenvalue weighted by atomic mass is 35.5. The van der Waals surface area contributed by atoms with Crippen LogP contribution in [-0.4, -0.2) is 37.1 Å². The molecule has 2 rings (SSSR count). The molecule has 0 radical (unpaired) electrons. The van der Waals surface area contributed by atoms with Crippen LogP contribution in [0, 0.1) is 0 Å². The normalized spacial score (nSPS) is 20.8. The van der Waals surface area contributed by atoms with Crippen molar-refractivity contribution in [2.75, 3.05) is 19.1 Å². The van der Waals surface area contributed by atoms with Gasteiger partial charge in [0, 0.05) is 18.3 Å². The number of fused-ring (bicyclic) bond motifs is 1. The lowest BCUT2D eigenvalue weighted by Crippen LogP contribution is -2.43. The van der Waals surface area contributed by atoms with Crippen LogP contribution in [0.1, 0.15) is 22.8 Å². The van der Waals surface area contributed by atoms with Crippen molar-refractivity contribution in [3.05, 3.63) is 28.3 Å². The van der Waals surface area contributed by atoms with Gasteiger partial charge in [-0.05, 0) is 19.1 Å². The van der Waals surface area contributed by atoms with Gasteiger partial charge in [-0.2, -0.15) is 0 Å². The van der Waals surface area contributed by atoms with Crippen LogP contribution in [0.4, 0.5) is 5.69 Å². The number of carbonyl (C=O) groups is 3. The lowest BCUT2D eigenvalue weighted by molar-refractivity contribution is -0.150. The number of hydrogen-bond donors (Lipinski definition) is 1. The van der Waals surface area contributed by atoms with E-state index in [4.69, 9.17) is 16.7 Å². The van der Waals surface area contributed by atoms with Gasteiger partial charge in [0.25, 0.3) is 0 Å². The van der Waals surface area contributed by atoms with Gasteiger partial charge in [-0.1, -0.05) is 11.6 Å². The highest BCUT2D eigenvalue weighted by molar-refractivity contribution is 6.34. The van der Waals surface area contributed by atoms with E-state index < -0.39 is 23.3 Å². The Balaban J connectivity index is 2.74. The monoisotopic (exact) mass is 297 g/mol. The van der Waals surface area contributed by atoms with Crippen molar-refractivity contribution in [2.24, 2.45) is 0 Å². The SMILES string of the molecule is COC(=O)C1(C)C(=O)N(C)c2cc(C(=O)O)c(Cl)cc21. The second-order valence-corrected chi connectivity index (χ2v) is 5.04. The van der Waals surface area contributed by atoms with Gasteiger partial charge in [-0.15, -0.1) is 0 Å². The van der Waals surface area contributed by atoms with Crippen LogP contribution in [-0.2, 0) is 19.7 Å². The van der Waals surface area contributed by atoms with E-state index in [0.29, 0.717) is 11.3 Å². The Morgan fingerprint density at radius 1 is 1.40 bits per heavy atom. The first kappa shape index (κ1) is 14.3. The number of halogens is 1. The number of ether oxygens (including phenoxy) is 1. The van der Waals surface area contributed by atoms with Crippen LogP contribution in [0.2, 0.25) is 5.02 Å². The Hall–Kier alpha value is -2.08. The third kappa shape index (κ3) is 1.68. The predicted molar refractivity (Wildman–Crippen MR) is 71.2 cm³/mol. The molecule has 7 heteroatoms. The molecule has 1 unspecified atom stereocenters. The summed E-state index contributed by atoms with van der Waals surface area (Å²) in [7, 11) is 2.65. The van der Waals surface area contributed by atoms with E-state index in [1.165, 1.54) is 38.1 Å². The number of likely N-dealkylation sites (N-methyl/N-ethyl adjacent to an activating group) is 1. The molecule has 1 aromatic rings. The first-order chi connectivity index (χ1) is 9.25. The first-order valence-electron chi connectivity index (χ1n) is 5.69. The maximum atomic E-state index is 12.3. The number of anilines is 1. The minimum Gasteiger partial charge on any atom is -0.478 e. The Morgan fingerprint density at radius 2 is 2.00 bits per heavy atom. The summed E-state index contributed by atoms with van der Waals surface area (Å²) >= 11 is 5.91. The van der Waals surface area contributed by atoms with Crippen LogP contribution in [0.5, 0.6) is 0 Å². The molecule has 1 aliphatic rings. The summed E-state index contributed by atoms with van der Waals surface area (Å²) in [6.07, 6.45) is 0. The van der Waals surface area contributed by atoms with Crippen molar-refractivity contribution in [1.82, 2.24) is 0 Å². The van der Waals surface area contributed by atoms with Crippen LogP contribution in [0.3, 0.4) is 0 Å². The average Bonchev–Trinajstić information content (AvgIpc) is 2.59. The number of esters is 1. The van der Waals surface area contributed by atoms with Gasteiger partial charge in [0.1, 0.15) is 0 Å². The maximum absolute atomic E-state index is 12.3. The van der Waals surface area contributed by atoms with Crippen LogP contribution < -0.4 is 4.90 Å². The Labute approximate surface area is 119 Å². The van der Waals surface area contributed by atoms with E-state index in [9.17, 15) is 14.4 Å². The number of hydrogen-bond acceptors (Lipinski definition) is 4. The molecule has 0 fully saturated rings. The molecule has 1 heterocycles. The van der Waals surface area contributed by atoms with Crippen molar-refractivity contribution in [3.63, 3.8) is 0 Å². The summed E-state index contributed by atoms with van der Waals surface area (Å²) in [6, 6.07) is 2.62. The van der Waals surface area contributed by atoms with Gasteiger partial charge >= 0.3 is 11.9 Å². The smallest absolute Gasteiger partial charge is 0.337 e. The van der Waals surface area contributed by atoms with E-state index in [1.54, 1.807) is 0 Å². The van der Waals surface area contributed by atoms with Crippen molar-refractivity contribution in [2.45, 2.75) is 12.3 Å². The topological polar surface area (TPSA) is 83.9 Å². The lowest BCUT2D eigenvalue weighted by atomic mass is 9.83. The molecule has 1 N–H and O–H groups in total. The average molecular weight is 298 g/mol. The van der Waals surface area contributed by atoms with Gasteiger partial charge < -0.3 is 14.7 Å². The number of methoxy groups -OCH3 is 1. The molecule has 0 spiro atoms. The Kier molecular flexibility index (Phi) is 3.21. The van der Waals surface area contributed by atoms with Crippen molar-refractivity contribution in [3.8, 4) is 0 Å². The Morgan fingerprint density at radius 3 is 2.50 bits per heavy atom. The largest absolute Gasteiger partial charge is 0.478 e. The number of aromatic carboxylic acids is 1. The van der Waals surface area contributed by atoms with E-state index in [0.717, 1.165) is 0 Å². The standard InChI is InChI=1S/C13H12ClNO5/c1-13(12(19)20-3)7-5-8(14)6(10(16)17)4-9(7)15(2)11(13)18/h4-5H,1-3H3,(H,16,17). The number of carbonyl (C=O) groups excluding carboxylic acids is 2. The molecule has 0 aliphatic carbocycles. The molecule has 1 aromatic carbocycles. The van der Waals surface area contributed by atoms with E-state index in [-0.39, 0.29) is 10.6 Å². The van der Waals surface area contributed by atoms with Crippen molar-refractivity contribution >= 4 is 35.1 Å². The van der Waals surface area contributed by atoms with Gasteiger partial charge in [-0.3, -0.25) is 9.59 Å². The highest BCUT2D eigenvalue weighted by Gasteiger charge is 2.53. The summed E-state index contributed by atoms with van der Waals surface area (Å²) in [5.41, 5.74) is -0.963. The first-order valence-corrected chi connectivity index (χ1v) is 6.06. The molecule has 1 atom stereocenters. The lowest BCUT2D eigenvalue weighted by Gasteiger charge is -2.19. The molecular weight excluding hydrogens is 286 g/mol. The third-order valence-electron chi connectivity index (χ3n) is 3.54. The summed E-state index contributed by atoms with van der Waals surface area (Å²) in [4.78, 5) is 36.6. The molecule has 1 aliphatic heterocycles. The predicted octanol–water partition coefficient (Wildman–Crippen LogP) is 1.45. The number of amides is 1. The third-order valence-corrected chi connectivity index (χ3v) is 3.85. The number of carboxylic acids is 1.